The minimum Gasteiger partial charge on any atom is -0.348 e. The van der Waals surface area contributed by atoms with Crippen LogP contribution in [0.3, 0.4) is 0 Å². The summed E-state index contributed by atoms with van der Waals surface area (Å²) in [5.74, 6) is 0. The molecule has 3 heterocycles. The van der Waals surface area contributed by atoms with Crippen molar-refractivity contribution in [1.29, 1.82) is 0 Å². The maximum absolute atomic E-state index is 6.63. The number of benzene rings is 2. The summed E-state index contributed by atoms with van der Waals surface area (Å²) in [5.41, 5.74) is 1.05. The second kappa shape index (κ2) is 6.14. The van der Waals surface area contributed by atoms with E-state index in [9.17, 15) is 0 Å². The Morgan fingerprint density at radius 1 is 0.667 bits per heavy atom. The summed E-state index contributed by atoms with van der Waals surface area (Å²) >= 11 is 0. The predicted octanol–water partition coefficient (Wildman–Crippen LogP) is 2.39. The minimum atomic E-state index is -0.574. The summed E-state index contributed by atoms with van der Waals surface area (Å²) in [6.07, 6.45) is 6.53. The van der Waals surface area contributed by atoms with E-state index in [1.165, 1.54) is 0 Å². The first-order valence-corrected chi connectivity index (χ1v) is 8.78. The molecule has 0 amide bonds. The Hall–Kier alpha value is -3.32. The number of ether oxygens (including phenoxy) is 1. The topological polar surface area (TPSA) is 74.0 Å². The van der Waals surface area contributed by atoms with Gasteiger partial charge < -0.3 is 4.74 Å². The molecule has 2 aromatic carbocycles. The van der Waals surface area contributed by atoms with Crippen LogP contribution in [-0.4, -0.2) is 29.5 Å². The summed E-state index contributed by atoms with van der Waals surface area (Å²) < 4.78 is 10.3. The summed E-state index contributed by atoms with van der Waals surface area (Å²) in [6, 6.07) is 20.6. The van der Waals surface area contributed by atoms with Crippen molar-refractivity contribution in [3.63, 3.8) is 0 Å². The highest BCUT2D eigenvalue weighted by Gasteiger charge is 2.72. The largest absolute Gasteiger partial charge is 0.348 e. The van der Waals surface area contributed by atoms with Gasteiger partial charge in [0.2, 0.25) is 0 Å². The molecule has 2 unspecified atom stereocenters. The molecule has 1 fully saturated rings. The lowest BCUT2D eigenvalue weighted by Crippen LogP contribution is -2.31. The van der Waals surface area contributed by atoms with Gasteiger partial charge in [-0.05, 0) is 11.1 Å². The van der Waals surface area contributed by atoms with E-state index in [0.717, 1.165) is 11.1 Å². The van der Waals surface area contributed by atoms with E-state index in [1.807, 2.05) is 45.8 Å². The number of nitrogens with zero attached hydrogens (tertiary/aromatic N) is 6. The highest BCUT2D eigenvalue weighted by atomic mass is 16.6. The van der Waals surface area contributed by atoms with Gasteiger partial charge >= 0.3 is 0 Å². The van der Waals surface area contributed by atoms with Gasteiger partial charge in [-0.25, -0.2) is 19.3 Å². The van der Waals surface area contributed by atoms with Gasteiger partial charge in [-0.15, -0.1) is 0 Å². The van der Waals surface area contributed by atoms with E-state index in [4.69, 9.17) is 4.74 Å². The standard InChI is InChI=1S/C20H18N6O/c1-3-7-17(8-4-1)19(11-25-15-21-13-23-25)20(27-19,12-26-16-22-14-24-26)18-9-5-2-6-10-18/h1-10,13-16H,11-12H2. The van der Waals surface area contributed by atoms with Crippen molar-refractivity contribution in [3.05, 3.63) is 97.1 Å². The zero-order valence-corrected chi connectivity index (χ0v) is 14.6. The molecule has 0 aliphatic carbocycles. The van der Waals surface area contributed by atoms with Gasteiger partial charge in [0.25, 0.3) is 0 Å². The van der Waals surface area contributed by atoms with Crippen molar-refractivity contribution in [2.75, 3.05) is 0 Å². The van der Waals surface area contributed by atoms with Crippen molar-refractivity contribution in [2.24, 2.45) is 0 Å². The lowest BCUT2D eigenvalue weighted by molar-refractivity contribution is 0.230. The van der Waals surface area contributed by atoms with Crippen LogP contribution in [0.4, 0.5) is 0 Å². The third kappa shape index (κ3) is 2.55. The van der Waals surface area contributed by atoms with E-state index in [1.54, 1.807) is 25.3 Å². The number of hydrogen-bond acceptors (Lipinski definition) is 5. The number of rotatable bonds is 6. The van der Waals surface area contributed by atoms with Crippen LogP contribution >= 0.6 is 0 Å². The van der Waals surface area contributed by atoms with Crippen LogP contribution in [0.1, 0.15) is 11.1 Å². The summed E-state index contributed by atoms with van der Waals surface area (Å²) in [6.45, 7) is 1.11. The smallest absolute Gasteiger partial charge is 0.149 e. The maximum Gasteiger partial charge on any atom is 0.149 e. The number of aromatic nitrogens is 6. The Bertz CT molecular complexity index is 920. The first-order valence-electron chi connectivity index (χ1n) is 8.78. The fourth-order valence-electron chi connectivity index (χ4n) is 3.86. The first-order chi connectivity index (χ1) is 13.3. The molecule has 0 spiro atoms. The molecule has 5 rings (SSSR count). The fraction of sp³-hybridized carbons (Fsp3) is 0.200. The minimum absolute atomic E-state index is 0.556. The van der Waals surface area contributed by atoms with Crippen LogP contribution in [0.5, 0.6) is 0 Å². The molecule has 1 aliphatic heterocycles. The Kier molecular flexibility index (Phi) is 3.61. The van der Waals surface area contributed by atoms with Gasteiger partial charge in [0.1, 0.15) is 36.5 Å². The molecule has 0 radical (unpaired) electrons. The van der Waals surface area contributed by atoms with Gasteiger partial charge in [0, 0.05) is 0 Å². The number of epoxide rings is 1. The SMILES string of the molecule is c1ccc(C2(Cn3cncn3)OC2(Cn2cncn2)c2ccccc2)cc1. The Labute approximate surface area is 156 Å². The van der Waals surface area contributed by atoms with Crippen molar-refractivity contribution in [3.8, 4) is 0 Å². The Balaban J connectivity index is 1.65. The molecule has 2 atom stereocenters. The van der Waals surface area contributed by atoms with Crippen molar-refractivity contribution < 1.29 is 4.74 Å². The van der Waals surface area contributed by atoms with E-state index in [2.05, 4.69) is 44.4 Å². The van der Waals surface area contributed by atoms with Crippen LogP contribution in [-0.2, 0) is 29.0 Å². The summed E-state index contributed by atoms with van der Waals surface area (Å²) in [4.78, 5) is 8.19. The Morgan fingerprint density at radius 2 is 1.11 bits per heavy atom. The van der Waals surface area contributed by atoms with Gasteiger partial charge in [0.15, 0.2) is 0 Å². The molecular formula is C20H18N6O. The average molecular weight is 358 g/mol. The lowest BCUT2D eigenvalue weighted by Gasteiger charge is -2.21. The quantitative estimate of drug-likeness (QED) is 0.495. The van der Waals surface area contributed by atoms with Crippen molar-refractivity contribution in [1.82, 2.24) is 29.5 Å². The van der Waals surface area contributed by atoms with Crippen LogP contribution in [0, 0.1) is 0 Å². The third-order valence-corrected chi connectivity index (χ3v) is 5.14. The molecule has 1 saturated heterocycles. The summed E-state index contributed by atoms with van der Waals surface area (Å²) in [7, 11) is 0. The van der Waals surface area contributed by atoms with Crippen molar-refractivity contribution >= 4 is 0 Å². The van der Waals surface area contributed by atoms with Gasteiger partial charge in [-0.1, -0.05) is 60.7 Å². The average Bonchev–Trinajstić information content (AvgIpc) is 3.12. The molecule has 1 aliphatic rings. The van der Waals surface area contributed by atoms with E-state index in [-0.39, 0.29) is 0 Å². The molecule has 7 nitrogen and oxygen atoms in total. The molecule has 0 saturated carbocycles. The lowest BCUT2D eigenvalue weighted by atomic mass is 9.81. The molecule has 0 bridgehead atoms. The van der Waals surface area contributed by atoms with E-state index < -0.39 is 11.2 Å². The predicted molar refractivity (Wildman–Crippen MR) is 97.4 cm³/mol. The van der Waals surface area contributed by atoms with Crippen LogP contribution in [0.25, 0.3) is 0 Å². The molecular weight excluding hydrogens is 340 g/mol. The molecule has 0 N–H and O–H groups in total. The van der Waals surface area contributed by atoms with Gasteiger partial charge in [-0.3, -0.25) is 0 Å². The Morgan fingerprint density at radius 3 is 1.48 bits per heavy atom. The molecule has 134 valence electrons. The fourth-order valence-corrected chi connectivity index (χ4v) is 3.86. The van der Waals surface area contributed by atoms with Gasteiger partial charge in [-0.2, -0.15) is 10.2 Å². The van der Waals surface area contributed by atoms with Crippen LogP contribution in [0.2, 0.25) is 0 Å². The monoisotopic (exact) mass is 358 g/mol. The number of hydrogen-bond donors (Lipinski definition) is 0. The van der Waals surface area contributed by atoms with E-state index in [0.29, 0.717) is 13.1 Å². The zero-order chi connectivity index (χ0) is 18.2. The molecule has 4 aromatic rings. The van der Waals surface area contributed by atoms with Crippen LogP contribution < -0.4 is 0 Å². The van der Waals surface area contributed by atoms with E-state index >= 15 is 0 Å². The second-order valence-electron chi connectivity index (χ2n) is 6.67. The molecule has 2 aromatic heterocycles. The first kappa shape index (κ1) is 15.9. The van der Waals surface area contributed by atoms with Crippen molar-refractivity contribution in [2.45, 2.75) is 24.3 Å². The summed E-state index contributed by atoms with van der Waals surface area (Å²) in [5, 5.41) is 8.63. The third-order valence-electron chi connectivity index (χ3n) is 5.14. The van der Waals surface area contributed by atoms with Crippen LogP contribution in [0.15, 0.2) is 86.0 Å². The zero-order valence-electron chi connectivity index (χ0n) is 14.6. The highest BCUT2D eigenvalue weighted by molar-refractivity contribution is 5.41. The highest BCUT2D eigenvalue weighted by Crippen LogP contribution is 2.63. The second-order valence-corrected chi connectivity index (χ2v) is 6.67. The molecule has 27 heavy (non-hydrogen) atoms. The maximum atomic E-state index is 6.63. The van der Waals surface area contributed by atoms with Gasteiger partial charge in [0.05, 0.1) is 13.1 Å². The molecule has 7 heteroatoms. The normalized spacial score (nSPS) is 24.0.